The third-order valence-electron chi connectivity index (χ3n) is 3.84. The van der Waals surface area contributed by atoms with Crippen LogP contribution in [-0.2, 0) is 4.74 Å². The van der Waals surface area contributed by atoms with Gasteiger partial charge in [-0.25, -0.2) is 9.78 Å². The van der Waals surface area contributed by atoms with E-state index in [1.165, 1.54) is 0 Å². The van der Waals surface area contributed by atoms with Crippen LogP contribution >= 0.6 is 0 Å². The smallest absolute Gasteiger partial charge is 0.410 e. The molecule has 0 spiro atoms. The van der Waals surface area contributed by atoms with Gasteiger partial charge in [0.1, 0.15) is 11.3 Å². The van der Waals surface area contributed by atoms with Gasteiger partial charge < -0.3 is 25.0 Å². The Hall–Kier alpha value is -2.35. The van der Waals surface area contributed by atoms with E-state index >= 15 is 0 Å². The number of rotatable bonds is 4. The summed E-state index contributed by atoms with van der Waals surface area (Å²) in [5, 5.41) is 11.8. The number of aliphatic hydroxyl groups is 1. The maximum absolute atomic E-state index is 12.1. The van der Waals surface area contributed by atoms with Crippen molar-refractivity contribution in [3.63, 3.8) is 0 Å². The first kappa shape index (κ1) is 20.0. The number of pyridine rings is 1. The molecule has 26 heavy (non-hydrogen) atoms. The number of hydrogen-bond acceptors (Lipinski definition) is 6. The number of carbonyl (C=O) groups excluding carboxylic acids is 2. The fourth-order valence-corrected chi connectivity index (χ4v) is 2.51. The van der Waals surface area contributed by atoms with E-state index in [0.717, 1.165) is 5.69 Å². The lowest BCUT2D eigenvalue weighted by molar-refractivity contribution is 0.0240. The molecule has 0 radical (unpaired) electrons. The first-order chi connectivity index (χ1) is 12.2. The van der Waals surface area contributed by atoms with Gasteiger partial charge in [0.15, 0.2) is 0 Å². The molecule has 0 saturated carbocycles. The van der Waals surface area contributed by atoms with Crippen LogP contribution < -0.4 is 10.2 Å². The maximum atomic E-state index is 12.1. The number of piperazine rings is 1. The lowest BCUT2D eigenvalue weighted by Crippen LogP contribution is -2.50. The zero-order valence-corrected chi connectivity index (χ0v) is 15.9. The molecule has 1 aromatic rings. The van der Waals surface area contributed by atoms with Crippen LogP contribution in [0.5, 0.6) is 0 Å². The Morgan fingerprint density at radius 1 is 1.27 bits per heavy atom. The van der Waals surface area contributed by atoms with Crippen LogP contribution in [0.1, 0.15) is 38.2 Å². The molecule has 1 aliphatic heterocycles. The molecule has 0 bridgehead atoms. The highest BCUT2D eigenvalue weighted by Crippen LogP contribution is 2.17. The summed E-state index contributed by atoms with van der Waals surface area (Å²) in [6, 6.07) is 3.50. The van der Waals surface area contributed by atoms with Crippen LogP contribution in [0.25, 0.3) is 0 Å². The molecule has 1 aliphatic rings. The highest BCUT2D eigenvalue weighted by molar-refractivity contribution is 5.92. The monoisotopic (exact) mass is 364 g/mol. The minimum atomic E-state index is -0.598. The molecule has 0 unspecified atom stereocenters. The van der Waals surface area contributed by atoms with Gasteiger partial charge >= 0.3 is 6.09 Å². The molecular formula is C18H28N4O4. The third-order valence-corrected chi connectivity index (χ3v) is 3.84. The van der Waals surface area contributed by atoms with Crippen LogP contribution in [0.15, 0.2) is 18.3 Å². The van der Waals surface area contributed by atoms with Gasteiger partial charge in [-0.1, -0.05) is 0 Å². The van der Waals surface area contributed by atoms with Crippen LogP contribution in [0, 0.1) is 0 Å². The quantitative estimate of drug-likeness (QED) is 0.835. The van der Waals surface area contributed by atoms with E-state index in [2.05, 4.69) is 15.2 Å². The molecular weight excluding hydrogens is 336 g/mol. The molecule has 2 heterocycles. The van der Waals surface area contributed by atoms with Crippen molar-refractivity contribution in [1.82, 2.24) is 15.2 Å². The fraction of sp³-hybridized carbons (Fsp3) is 0.611. The number of amides is 2. The number of aromatic nitrogens is 1. The van der Waals surface area contributed by atoms with Gasteiger partial charge in [0.05, 0.1) is 18.0 Å². The largest absolute Gasteiger partial charge is 0.444 e. The standard InChI is InChI=1S/C18H28N4O4/c1-13(23)11-20-16(24)15-6-5-14(12-19-15)21-7-9-22(10-8-21)17(25)26-18(2,3)4/h5-6,12-13,23H,7-11H2,1-4H3,(H,20,24)/t13-/m0/s1. The van der Waals surface area contributed by atoms with E-state index in [9.17, 15) is 14.7 Å². The van der Waals surface area contributed by atoms with Gasteiger partial charge in [-0.15, -0.1) is 0 Å². The zero-order chi connectivity index (χ0) is 19.3. The SMILES string of the molecule is C[C@H](O)CNC(=O)c1ccc(N2CCN(C(=O)OC(C)(C)C)CC2)cn1. The second-order valence-corrected chi connectivity index (χ2v) is 7.42. The van der Waals surface area contributed by atoms with Crippen molar-refractivity contribution in [1.29, 1.82) is 0 Å². The Kier molecular flexibility index (Phi) is 6.42. The van der Waals surface area contributed by atoms with Crippen LogP contribution in [0.2, 0.25) is 0 Å². The van der Waals surface area contributed by atoms with E-state index in [0.29, 0.717) is 31.9 Å². The second kappa shape index (κ2) is 8.35. The number of carbonyl (C=O) groups is 2. The van der Waals surface area contributed by atoms with Gasteiger partial charge in [-0.2, -0.15) is 0 Å². The molecule has 0 aliphatic carbocycles. The molecule has 0 aromatic carbocycles. The summed E-state index contributed by atoms with van der Waals surface area (Å²) in [5.41, 5.74) is 0.713. The van der Waals surface area contributed by atoms with Crippen molar-refractivity contribution >= 4 is 17.7 Å². The van der Waals surface area contributed by atoms with Gasteiger partial charge in [0, 0.05) is 32.7 Å². The molecule has 8 heteroatoms. The summed E-state index contributed by atoms with van der Waals surface area (Å²) in [5.74, 6) is -0.313. The normalized spacial score (nSPS) is 16.2. The summed E-state index contributed by atoms with van der Waals surface area (Å²) in [7, 11) is 0. The van der Waals surface area contributed by atoms with Crippen molar-refractivity contribution in [3.8, 4) is 0 Å². The number of nitrogens with zero attached hydrogens (tertiary/aromatic N) is 3. The number of aliphatic hydroxyl groups excluding tert-OH is 1. The van der Waals surface area contributed by atoms with Crippen LogP contribution in [0.4, 0.5) is 10.5 Å². The van der Waals surface area contributed by atoms with E-state index < -0.39 is 11.7 Å². The Morgan fingerprint density at radius 3 is 2.42 bits per heavy atom. The summed E-state index contributed by atoms with van der Waals surface area (Å²) in [6.07, 6.45) is 0.764. The van der Waals surface area contributed by atoms with Crippen molar-refractivity contribution in [2.75, 3.05) is 37.6 Å². The van der Waals surface area contributed by atoms with Crippen molar-refractivity contribution in [2.45, 2.75) is 39.4 Å². The van der Waals surface area contributed by atoms with E-state index in [1.807, 2.05) is 26.8 Å². The summed E-state index contributed by atoms with van der Waals surface area (Å²) in [4.78, 5) is 32.0. The fourth-order valence-electron chi connectivity index (χ4n) is 2.51. The van der Waals surface area contributed by atoms with Crippen LogP contribution in [0.3, 0.4) is 0 Å². The van der Waals surface area contributed by atoms with Crippen molar-refractivity contribution in [3.05, 3.63) is 24.0 Å². The summed E-state index contributed by atoms with van der Waals surface area (Å²) in [6.45, 7) is 9.85. The highest BCUT2D eigenvalue weighted by atomic mass is 16.6. The molecule has 1 fully saturated rings. The number of hydrogen-bond donors (Lipinski definition) is 2. The highest BCUT2D eigenvalue weighted by Gasteiger charge is 2.26. The Bertz CT molecular complexity index is 617. The summed E-state index contributed by atoms with van der Waals surface area (Å²) >= 11 is 0. The zero-order valence-electron chi connectivity index (χ0n) is 15.9. The predicted octanol–water partition coefficient (Wildman–Crippen LogP) is 1.25. The molecule has 8 nitrogen and oxygen atoms in total. The Labute approximate surface area is 154 Å². The lowest BCUT2D eigenvalue weighted by Gasteiger charge is -2.36. The number of ether oxygens (including phenoxy) is 1. The maximum Gasteiger partial charge on any atom is 0.410 e. The van der Waals surface area contributed by atoms with E-state index in [-0.39, 0.29) is 18.5 Å². The van der Waals surface area contributed by atoms with Crippen molar-refractivity contribution in [2.24, 2.45) is 0 Å². The molecule has 1 atom stereocenters. The predicted molar refractivity (Wildman–Crippen MR) is 98.3 cm³/mol. The number of anilines is 1. The first-order valence-electron chi connectivity index (χ1n) is 8.81. The first-order valence-corrected chi connectivity index (χ1v) is 8.81. The topological polar surface area (TPSA) is 95.0 Å². The second-order valence-electron chi connectivity index (χ2n) is 7.42. The molecule has 2 N–H and O–H groups in total. The molecule has 144 valence electrons. The molecule has 1 saturated heterocycles. The van der Waals surface area contributed by atoms with Crippen molar-refractivity contribution < 1.29 is 19.4 Å². The Balaban J connectivity index is 1.87. The third kappa shape index (κ3) is 5.87. The lowest BCUT2D eigenvalue weighted by atomic mass is 10.2. The van der Waals surface area contributed by atoms with Gasteiger partial charge in [-0.05, 0) is 39.8 Å². The Morgan fingerprint density at radius 2 is 1.92 bits per heavy atom. The molecule has 2 rings (SSSR count). The van der Waals surface area contributed by atoms with Gasteiger partial charge in [0.2, 0.25) is 0 Å². The minimum Gasteiger partial charge on any atom is -0.444 e. The average Bonchev–Trinajstić information content (AvgIpc) is 2.58. The molecule has 2 amide bonds. The van der Waals surface area contributed by atoms with E-state index in [4.69, 9.17) is 4.74 Å². The summed E-state index contributed by atoms with van der Waals surface area (Å²) < 4.78 is 5.39. The number of nitrogens with one attached hydrogen (secondary N) is 1. The average molecular weight is 364 g/mol. The molecule has 1 aromatic heterocycles. The van der Waals surface area contributed by atoms with Gasteiger partial charge in [0.25, 0.3) is 5.91 Å². The van der Waals surface area contributed by atoms with Crippen LogP contribution in [-0.4, -0.2) is 71.4 Å². The minimum absolute atomic E-state index is 0.189. The van der Waals surface area contributed by atoms with Gasteiger partial charge in [-0.3, -0.25) is 4.79 Å². The van der Waals surface area contributed by atoms with E-state index in [1.54, 1.807) is 24.1 Å².